The van der Waals surface area contributed by atoms with E-state index in [-0.39, 0.29) is 12.1 Å². The second kappa shape index (κ2) is 9.55. The van der Waals surface area contributed by atoms with Gasteiger partial charge in [-0.05, 0) is 69.7 Å². The molecule has 0 bridgehead atoms. The smallest absolute Gasteiger partial charge is 0.230 e. The van der Waals surface area contributed by atoms with Gasteiger partial charge in [-0.2, -0.15) is 0 Å². The standard InChI is InChI=1S/C22H29N3O3/c1-15(2)27-19-8-4-5-9-20(19)28-22-18(7-6-14-23-22)21(25-26)24-17-12-10-16(3)11-13-17/h4-9,14-17,26H,10-13H2,1-3H3,(H,24,25). The predicted molar refractivity (Wildman–Crippen MR) is 109 cm³/mol. The Morgan fingerprint density at radius 2 is 1.82 bits per heavy atom. The summed E-state index contributed by atoms with van der Waals surface area (Å²) in [4.78, 5) is 9.09. The fraction of sp³-hybridized carbons (Fsp3) is 0.455. The van der Waals surface area contributed by atoms with Crippen LogP contribution in [0.15, 0.2) is 47.6 Å². The summed E-state index contributed by atoms with van der Waals surface area (Å²) in [5.74, 6) is 2.70. The molecular formula is C22H29N3O3. The molecule has 28 heavy (non-hydrogen) atoms. The van der Waals surface area contributed by atoms with Crippen molar-refractivity contribution in [1.29, 1.82) is 0 Å². The minimum Gasteiger partial charge on any atom is -0.487 e. The number of aromatic nitrogens is 1. The van der Waals surface area contributed by atoms with Crippen molar-refractivity contribution >= 4 is 5.84 Å². The van der Waals surface area contributed by atoms with E-state index in [9.17, 15) is 5.21 Å². The molecule has 0 aliphatic heterocycles. The van der Waals surface area contributed by atoms with Gasteiger partial charge in [-0.25, -0.2) is 4.98 Å². The number of ether oxygens (including phenoxy) is 2. The fourth-order valence-corrected chi connectivity index (χ4v) is 3.36. The van der Waals surface area contributed by atoms with Gasteiger partial charge in [0.2, 0.25) is 5.88 Å². The van der Waals surface area contributed by atoms with Crippen LogP contribution in [-0.4, -0.2) is 28.2 Å². The first kappa shape index (κ1) is 20.1. The van der Waals surface area contributed by atoms with Crippen LogP contribution in [0.1, 0.15) is 52.0 Å². The van der Waals surface area contributed by atoms with E-state index >= 15 is 0 Å². The molecule has 1 aromatic carbocycles. The lowest BCUT2D eigenvalue weighted by atomic mass is 9.88. The molecule has 3 rings (SSSR count). The number of hydrogen-bond donors (Lipinski definition) is 2. The molecule has 150 valence electrons. The molecule has 2 N–H and O–H groups in total. The summed E-state index contributed by atoms with van der Waals surface area (Å²) in [6.07, 6.45) is 6.04. The number of amidine groups is 1. The molecule has 1 aliphatic rings. The molecule has 0 unspecified atom stereocenters. The Bertz CT molecular complexity index is 799. The zero-order valence-corrected chi connectivity index (χ0v) is 16.8. The van der Waals surface area contributed by atoms with Crippen LogP contribution in [0, 0.1) is 5.92 Å². The third-order valence-electron chi connectivity index (χ3n) is 4.85. The molecule has 1 aliphatic carbocycles. The van der Waals surface area contributed by atoms with Gasteiger partial charge in [-0.1, -0.05) is 19.1 Å². The Balaban J connectivity index is 1.87. The van der Waals surface area contributed by atoms with E-state index in [1.165, 1.54) is 0 Å². The highest BCUT2D eigenvalue weighted by atomic mass is 16.5. The van der Waals surface area contributed by atoms with Crippen molar-refractivity contribution < 1.29 is 14.7 Å². The molecule has 0 saturated heterocycles. The van der Waals surface area contributed by atoms with E-state index in [0.717, 1.165) is 31.6 Å². The first-order valence-corrected chi connectivity index (χ1v) is 9.93. The maximum Gasteiger partial charge on any atom is 0.230 e. The Morgan fingerprint density at radius 1 is 1.11 bits per heavy atom. The Morgan fingerprint density at radius 3 is 2.50 bits per heavy atom. The van der Waals surface area contributed by atoms with Gasteiger partial charge in [-0.3, -0.25) is 15.7 Å². The van der Waals surface area contributed by atoms with E-state index in [0.29, 0.717) is 28.8 Å². The summed E-state index contributed by atoms with van der Waals surface area (Å²) < 4.78 is 11.9. The lowest BCUT2D eigenvalue weighted by molar-refractivity contribution is 0.231. The van der Waals surface area contributed by atoms with Crippen molar-refractivity contribution in [3.63, 3.8) is 0 Å². The monoisotopic (exact) mass is 383 g/mol. The summed E-state index contributed by atoms with van der Waals surface area (Å²) in [6, 6.07) is 11.3. The average molecular weight is 383 g/mol. The van der Waals surface area contributed by atoms with Gasteiger partial charge >= 0.3 is 0 Å². The van der Waals surface area contributed by atoms with Crippen molar-refractivity contribution in [1.82, 2.24) is 10.5 Å². The molecule has 1 aromatic heterocycles. The summed E-state index contributed by atoms with van der Waals surface area (Å²) in [5.41, 5.74) is 2.86. The number of hydrogen-bond acceptors (Lipinski definition) is 5. The molecule has 6 heteroatoms. The van der Waals surface area contributed by atoms with Crippen LogP contribution in [0.2, 0.25) is 0 Å². The summed E-state index contributed by atoms with van der Waals surface area (Å²) in [5, 5.41) is 9.74. The van der Waals surface area contributed by atoms with Gasteiger partial charge in [0.1, 0.15) is 0 Å². The highest BCUT2D eigenvalue weighted by Crippen LogP contribution is 2.33. The first-order valence-electron chi connectivity index (χ1n) is 9.93. The number of rotatable bonds is 6. The van der Waals surface area contributed by atoms with Gasteiger partial charge in [-0.15, -0.1) is 0 Å². The molecule has 1 saturated carbocycles. The van der Waals surface area contributed by atoms with Crippen LogP contribution < -0.4 is 15.0 Å². The van der Waals surface area contributed by atoms with Crippen LogP contribution in [0.25, 0.3) is 0 Å². The SMILES string of the molecule is CC1CCC(N=C(NO)c2cccnc2Oc2ccccc2OC(C)C)CC1. The normalized spacial score (nSPS) is 20.1. The quantitative estimate of drug-likeness (QED) is 0.419. The molecule has 0 atom stereocenters. The van der Waals surface area contributed by atoms with Crippen molar-refractivity contribution in [3.8, 4) is 17.4 Å². The largest absolute Gasteiger partial charge is 0.487 e. The number of hydroxylamine groups is 1. The van der Waals surface area contributed by atoms with E-state index in [4.69, 9.17) is 14.5 Å². The average Bonchev–Trinajstić information content (AvgIpc) is 2.69. The third kappa shape index (κ3) is 5.23. The van der Waals surface area contributed by atoms with Gasteiger partial charge in [0.15, 0.2) is 17.3 Å². The number of nitrogens with one attached hydrogen (secondary N) is 1. The number of benzene rings is 1. The van der Waals surface area contributed by atoms with Crippen molar-refractivity contribution in [2.45, 2.75) is 58.6 Å². The number of aliphatic imine (C=N–C) groups is 1. The zero-order chi connectivity index (χ0) is 19.9. The van der Waals surface area contributed by atoms with Crippen molar-refractivity contribution in [2.75, 3.05) is 0 Å². The zero-order valence-electron chi connectivity index (χ0n) is 16.8. The van der Waals surface area contributed by atoms with Crippen molar-refractivity contribution in [2.24, 2.45) is 10.9 Å². The Hall–Kier alpha value is -2.60. The number of nitrogens with zero attached hydrogens (tertiary/aromatic N) is 2. The summed E-state index contributed by atoms with van der Waals surface area (Å²) in [6.45, 7) is 6.21. The van der Waals surface area contributed by atoms with Gasteiger partial charge in [0, 0.05) is 6.20 Å². The lowest BCUT2D eigenvalue weighted by Gasteiger charge is -2.24. The van der Waals surface area contributed by atoms with Crippen LogP contribution in [0.5, 0.6) is 17.4 Å². The highest BCUT2D eigenvalue weighted by Gasteiger charge is 2.20. The molecule has 0 spiro atoms. The highest BCUT2D eigenvalue weighted by molar-refractivity contribution is 6.00. The molecule has 6 nitrogen and oxygen atoms in total. The second-order valence-corrected chi connectivity index (χ2v) is 7.57. The Labute approximate surface area is 166 Å². The Kier molecular flexibility index (Phi) is 6.87. The van der Waals surface area contributed by atoms with Crippen LogP contribution in [0.4, 0.5) is 0 Å². The second-order valence-electron chi connectivity index (χ2n) is 7.57. The molecule has 1 fully saturated rings. The topological polar surface area (TPSA) is 76.0 Å². The van der Waals surface area contributed by atoms with Crippen molar-refractivity contribution in [3.05, 3.63) is 48.2 Å². The number of pyridine rings is 1. The lowest BCUT2D eigenvalue weighted by Crippen LogP contribution is -2.25. The minimum absolute atomic E-state index is 0.0258. The van der Waals surface area contributed by atoms with Crippen LogP contribution in [0.3, 0.4) is 0 Å². The molecule has 0 radical (unpaired) electrons. The van der Waals surface area contributed by atoms with Gasteiger partial charge in [0.25, 0.3) is 0 Å². The third-order valence-corrected chi connectivity index (χ3v) is 4.85. The molecular weight excluding hydrogens is 354 g/mol. The fourth-order valence-electron chi connectivity index (χ4n) is 3.36. The predicted octanol–water partition coefficient (Wildman–Crippen LogP) is 4.97. The summed E-state index contributed by atoms with van der Waals surface area (Å²) >= 11 is 0. The van der Waals surface area contributed by atoms with Gasteiger partial charge in [0.05, 0.1) is 17.7 Å². The maximum atomic E-state index is 9.74. The van der Waals surface area contributed by atoms with E-state index in [2.05, 4.69) is 17.4 Å². The van der Waals surface area contributed by atoms with Crippen LogP contribution in [-0.2, 0) is 0 Å². The maximum absolute atomic E-state index is 9.74. The molecule has 0 amide bonds. The molecule has 1 heterocycles. The van der Waals surface area contributed by atoms with E-state index in [1.807, 2.05) is 44.2 Å². The van der Waals surface area contributed by atoms with E-state index in [1.54, 1.807) is 12.3 Å². The number of para-hydroxylation sites is 2. The van der Waals surface area contributed by atoms with Gasteiger partial charge < -0.3 is 9.47 Å². The van der Waals surface area contributed by atoms with Crippen LogP contribution >= 0.6 is 0 Å². The first-order chi connectivity index (χ1) is 13.6. The minimum atomic E-state index is 0.0258. The molecule has 2 aromatic rings. The van der Waals surface area contributed by atoms with E-state index < -0.39 is 0 Å². The summed E-state index contributed by atoms with van der Waals surface area (Å²) in [7, 11) is 0.